The Morgan fingerprint density at radius 1 is 1.53 bits per heavy atom. The zero-order chi connectivity index (χ0) is 11.6. The van der Waals surface area contributed by atoms with Crippen LogP contribution in [0.4, 0.5) is 0 Å². The van der Waals surface area contributed by atoms with Gasteiger partial charge in [0.2, 0.25) is 5.91 Å². The summed E-state index contributed by atoms with van der Waals surface area (Å²) in [7, 11) is 0. The predicted molar refractivity (Wildman–Crippen MR) is 57.5 cm³/mol. The first kappa shape index (κ1) is 11.9. The zero-order valence-electron chi connectivity index (χ0n) is 8.69. The molecule has 1 N–H and O–H groups in total. The van der Waals surface area contributed by atoms with Crippen molar-refractivity contribution in [2.45, 2.75) is 25.6 Å². The average Bonchev–Trinajstić information content (AvgIpc) is 2.18. The Morgan fingerprint density at radius 2 is 2.13 bits per heavy atom. The van der Waals surface area contributed by atoms with Crippen LogP contribution >= 0.6 is 12.6 Å². The topological polar surface area (TPSA) is 76.7 Å². The van der Waals surface area contributed by atoms with Crippen LogP contribution in [-0.4, -0.2) is 11.3 Å². The van der Waals surface area contributed by atoms with Crippen LogP contribution in [0.15, 0.2) is 0 Å². The lowest BCUT2D eigenvalue weighted by atomic mass is 9.64. The number of hydrogen-bond acceptors (Lipinski definition) is 4. The highest BCUT2D eigenvalue weighted by Crippen LogP contribution is 2.44. The van der Waals surface area contributed by atoms with Crippen molar-refractivity contribution in [2.75, 3.05) is 0 Å². The smallest absolute Gasteiger partial charge is 0.238 e. The molecule has 1 heterocycles. The molecule has 1 aliphatic heterocycles. The van der Waals surface area contributed by atoms with E-state index in [9.17, 15) is 4.79 Å². The van der Waals surface area contributed by atoms with E-state index in [-0.39, 0.29) is 5.91 Å². The van der Waals surface area contributed by atoms with E-state index in [1.165, 1.54) is 0 Å². The van der Waals surface area contributed by atoms with Crippen LogP contribution in [0.3, 0.4) is 0 Å². The molecule has 4 unspecified atom stereocenters. The van der Waals surface area contributed by atoms with Crippen LogP contribution in [0.5, 0.6) is 0 Å². The lowest BCUT2D eigenvalue weighted by Crippen LogP contribution is -2.56. The molecule has 1 fully saturated rings. The average molecular weight is 223 g/mol. The van der Waals surface area contributed by atoms with Gasteiger partial charge in [-0.05, 0) is 6.42 Å². The molecule has 1 aliphatic rings. The van der Waals surface area contributed by atoms with E-state index < -0.39 is 22.6 Å². The normalized spacial score (nSPS) is 40.1. The van der Waals surface area contributed by atoms with Gasteiger partial charge in [0.1, 0.15) is 5.92 Å². The highest BCUT2D eigenvalue weighted by molar-refractivity contribution is 7.81. The Balaban J connectivity index is 3.17. The highest BCUT2D eigenvalue weighted by Gasteiger charge is 2.51. The number of nitrogens with zero attached hydrogens (tertiary/aromatic N) is 2. The maximum Gasteiger partial charge on any atom is 0.238 e. The van der Waals surface area contributed by atoms with E-state index in [0.29, 0.717) is 6.42 Å². The summed E-state index contributed by atoms with van der Waals surface area (Å²) < 4.78 is 0. The molecule has 1 amide bonds. The van der Waals surface area contributed by atoms with Gasteiger partial charge in [0.25, 0.3) is 0 Å². The molecule has 0 spiro atoms. The fraction of sp³-hybridized carbons (Fsp3) is 0.700. The fourth-order valence-corrected chi connectivity index (χ4v) is 2.53. The van der Waals surface area contributed by atoms with Crippen molar-refractivity contribution in [3.63, 3.8) is 0 Å². The minimum atomic E-state index is -0.768. The van der Waals surface area contributed by atoms with E-state index in [0.717, 1.165) is 0 Å². The number of amides is 1. The zero-order valence-corrected chi connectivity index (χ0v) is 9.58. The molecule has 15 heavy (non-hydrogen) atoms. The molecule has 0 aromatic heterocycles. The maximum atomic E-state index is 11.6. The second kappa shape index (κ2) is 4.12. The number of hydrogen-bond donors (Lipinski definition) is 2. The number of thiol groups is 1. The lowest BCUT2D eigenvalue weighted by Gasteiger charge is -2.43. The predicted octanol–water partition coefficient (Wildman–Crippen LogP) is 1.07. The van der Waals surface area contributed by atoms with Crippen molar-refractivity contribution in [1.29, 1.82) is 10.5 Å². The molecular formula is C10H13N3OS. The molecule has 0 saturated carbocycles. The molecule has 1 saturated heterocycles. The van der Waals surface area contributed by atoms with Crippen LogP contribution in [0.25, 0.3) is 0 Å². The number of piperidine rings is 1. The first-order valence-corrected chi connectivity index (χ1v) is 5.30. The first-order valence-electron chi connectivity index (χ1n) is 4.79. The Kier molecular flexibility index (Phi) is 3.26. The van der Waals surface area contributed by atoms with Crippen molar-refractivity contribution in [3.05, 3.63) is 0 Å². The van der Waals surface area contributed by atoms with Gasteiger partial charge in [-0.15, -0.1) is 0 Å². The quantitative estimate of drug-likeness (QED) is 0.653. The minimum absolute atomic E-state index is 0.326. The molecule has 80 valence electrons. The second-order valence-electron chi connectivity index (χ2n) is 3.98. The van der Waals surface area contributed by atoms with Crippen LogP contribution < -0.4 is 5.32 Å². The molecule has 4 nitrogen and oxygen atoms in total. The van der Waals surface area contributed by atoms with Gasteiger partial charge in [0.05, 0.1) is 23.4 Å². The third kappa shape index (κ3) is 1.68. The van der Waals surface area contributed by atoms with Crippen molar-refractivity contribution in [2.24, 2.45) is 17.3 Å². The largest absolute Gasteiger partial charge is 0.342 e. The molecule has 0 aromatic rings. The van der Waals surface area contributed by atoms with E-state index in [1.54, 1.807) is 6.92 Å². The van der Waals surface area contributed by atoms with Gasteiger partial charge in [-0.25, -0.2) is 0 Å². The summed E-state index contributed by atoms with van der Waals surface area (Å²) in [6.45, 7) is 3.69. The summed E-state index contributed by atoms with van der Waals surface area (Å²) in [6.07, 6.45) is 0.605. The Hall–Kier alpha value is -1.20. The van der Waals surface area contributed by atoms with Crippen molar-refractivity contribution >= 4 is 18.5 Å². The first-order chi connectivity index (χ1) is 7.01. The summed E-state index contributed by atoms with van der Waals surface area (Å²) in [4.78, 5) is 11.6. The molecule has 0 aromatic carbocycles. The molecule has 0 bridgehead atoms. The van der Waals surface area contributed by atoms with Gasteiger partial charge < -0.3 is 5.32 Å². The molecule has 0 radical (unpaired) electrons. The maximum absolute atomic E-state index is 11.6. The number of carbonyl (C=O) groups excluding carboxylic acids is 1. The second-order valence-corrected chi connectivity index (χ2v) is 4.54. The van der Waals surface area contributed by atoms with Crippen molar-refractivity contribution in [3.8, 4) is 12.1 Å². The van der Waals surface area contributed by atoms with Crippen LogP contribution in [0.1, 0.15) is 20.3 Å². The third-order valence-corrected chi connectivity index (χ3v) is 3.70. The Bertz CT molecular complexity index is 357. The summed E-state index contributed by atoms with van der Waals surface area (Å²) in [5.74, 6) is -1.53. The monoisotopic (exact) mass is 223 g/mol. The van der Waals surface area contributed by atoms with Gasteiger partial charge in [-0.1, -0.05) is 13.8 Å². The Labute approximate surface area is 94.7 Å². The third-order valence-electron chi connectivity index (χ3n) is 3.27. The standard InChI is InChI=1S/C10H13N3OS/c1-3-10(2)6(4-11)8(14)13-9(15)7(10)5-12/h6-7,9,15H,3H2,1-2H3,(H,13,14). The lowest BCUT2D eigenvalue weighted by molar-refractivity contribution is -0.131. The van der Waals surface area contributed by atoms with Crippen molar-refractivity contribution < 1.29 is 4.79 Å². The van der Waals surface area contributed by atoms with Crippen LogP contribution in [-0.2, 0) is 4.79 Å². The van der Waals surface area contributed by atoms with Crippen LogP contribution in [0, 0.1) is 39.9 Å². The van der Waals surface area contributed by atoms with Gasteiger partial charge >= 0.3 is 0 Å². The van der Waals surface area contributed by atoms with E-state index in [2.05, 4.69) is 24.0 Å². The van der Waals surface area contributed by atoms with Crippen LogP contribution in [0.2, 0.25) is 0 Å². The fourth-order valence-electron chi connectivity index (χ4n) is 2.00. The van der Waals surface area contributed by atoms with Gasteiger partial charge in [0, 0.05) is 5.41 Å². The van der Waals surface area contributed by atoms with E-state index in [1.807, 2.05) is 13.0 Å². The molecule has 5 heteroatoms. The van der Waals surface area contributed by atoms with Crippen molar-refractivity contribution in [1.82, 2.24) is 5.32 Å². The number of carbonyl (C=O) groups is 1. The van der Waals surface area contributed by atoms with E-state index in [4.69, 9.17) is 10.5 Å². The SMILES string of the molecule is CCC1(C)C(C#N)C(=O)NC(S)C1C#N. The highest BCUT2D eigenvalue weighted by atomic mass is 32.1. The molecule has 1 rings (SSSR count). The summed E-state index contributed by atoms with van der Waals surface area (Å²) in [6, 6.07) is 4.12. The minimum Gasteiger partial charge on any atom is -0.342 e. The number of rotatable bonds is 1. The van der Waals surface area contributed by atoms with Gasteiger partial charge in [-0.2, -0.15) is 23.2 Å². The summed E-state index contributed by atoms with van der Waals surface area (Å²) >= 11 is 4.18. The molecule has 4 atom stereocenters. The molecular weight excluding hydrogens is 210 g/mol. The summed E-state index contributed by atoms with van der Waals surface area (Å²) in [5.41, 5.74) is -0.613. The number of nitriles is 2. The molecule has 0 aliphatic carbocycles. The van der Waals surface area contributed by atoms with E-state index >= 15 is 0 Å². The summed E-state index contributed by atoms with van der Waals surface area (Å²) in [5, 5.41) is 20.1. The van der Waals surface area contributed by atoms with Gasteiger partial charge in [0.15, 0.2) is 0 Å². The Morgan fingerprint density at radius 3 is 2.53 bits per heavy atom. The van der Waals surface area contributed by atoms with Gasteiger partial charge in [-0.3, -0.25) is 4.79 Å². The number of nitrogens with one attached hydrogen (secondary N) is 1.